The Bertz CT molecular complexity index is 803. The zero-order valence-electron chi connectivity index (χ0n) is 12.9. The van der Waals surface area contributed by atoms with E-state index in [0.717, 1.165) is 6.42 Å². The Morgan fingerprint density at radius 1 is 1.08 bits per heavy atom. The number of nitrogens with zero attached hydrogens (tertiary/aromatic N) is 1. The van der Waals surface area contributed by atoms with Crippen molar-refractivity contribution in [2.75, 3.05) is 0 Å². The Balaban J connectivity index is 2.17. The number of hydrogen-bond donors (Lipinski definition) is 1. The van der Waals surface area contributed by atoms with E-state index in [-0.39, 0.29) is 18.4 Å². The Hall–Kier alpha value is -1.68. The summed E-state index contributed by atoms with van der Waals surface area (Å²) in [6.45, 7) is 0. The number of carboxylic acids is 1. The number of hydrogen-bond acceptors (Lipinski definition) is 3. The molecule has 1 saturated heterocycles. The van der Waals surface area contributed by atoms with Gasteiger partial charge >= 0.3 is 5.97 Å². The van der Waals surface area contributed by atoms with Gasteiger partial charge in [0.15, 0.2) is 28.2 Å². The van der Waals surface area contributed by atoms with Crippen molar-refractivity contribution < 1.29 is 35.9 Å². The highest BCUT2D eigenvalue weighted by Crippen LogP contribution is 2.43. The summed E-state index contributed by atoms with van der Waals surface area (Å²) in [6.07, 6.45) is 2.33. The van der Waals surface area contributed by atoms with Gasteiger partial charge in [0.05, 0.1) is 0 Å². The van der Waals surface area contributed by atoms with Gasteiger partial charge in [-0.3, -0.25) is 4.79 Å². The van der Waals surface area contributed by atoms with Crippen molar-refractivity contribution in [3.05, 3.63) is 29.3 Å². The molecule has 1 aliphatic carbocycles. The molecule has 138 valence electrons. The molecule has 1 heterocycles. The SMILES string of the molecule is O=C(O)C1CC2CCCCC2N1S(=O)(=O)c1c(F)c(F)cc(F)c1F. The molecule has 0 amide bonds. The predicted octanol–water partition coefficient (Wildman–Crippen LogP) is 2.65. The minimum absolute atomic E-state index is 0.000264. The fourth-order valence-corrected chi connectivity index (χ4v) is 5.86. The molecule has 1 N–H and O–H groups in total. The van der Waals surface area contributed by atoms with Crippen molar-refractivity contribution in [2.45, 2.75) is 49.1 Å². The van der Waals surface area contributed by atoms with E-state index in [4.69, 9.17) is 0 Å². The van der Waals surface area contributed by atoms with Gasteiger partial charge in [-0.25, -0.2) is 26.0 Å². The molecule has 2 aliphatic rings. The minimum atomic E-state index is -5.09. The zero-order valence-corrected chi connectivity index (χ0v) is 13.7. The van der Waals surface area contributed by atoms with E-state index in [9.17, 15) is 35.9 Å². The molecule has 2 fully saturated rings. The second-order valence-electron chi connectivity index (χ2n) is 6.33. The van der Waals surface area contributed by atoms with Crippen LogP contribution >= 0.6 is 0 Å². The standard InChI is InChI=1S/C15H15F4NO4S/c16-8-6-9(17)13(19)14(12(8)18)25(23,24)20-10-4-2-1-3-7(10)5-11(20)15(21)22/h6-7,10-11H,1-5H2,(H,21,22). The lowest BCUT2D eigenvalue weighted by Crippen LogP contribution is -2.46. The first-order chi connectivity index (χ1) is 11.7. The van der Waals surface area contributed by atoms with Gasteiger partial charge in [-0.15, -0.1) is 0 Å². The fraction of sp³-hybridized carbons (Fsp3) is 0.533. The highest BCUT2D eigenvalue weighted by atomic mass is 32.2. The first-order valence-corrected chi connectivity index (χ1v) is 9.19. The van der Waals surface area contributed by atoms with Crippen LogP contribution in [0.4, 0.5) is 17.6 Å². The summed E-state index contributed by atoms with van der Waals surface area (Å²) in [6, 6.07) is -2.38. The van der Waals surface area contributed by atoms with Gasteiger partial charge in [0.25, 0.3) is 0 Å². The van der Waals surface area contributed by atoms with E-state index in [1.807, 2.05) is 0 Å². The van der Waals surface area contributed by atoms with E-state index < -0.39 is 56.2 Å². The lowest BCUT2D eigenvalue weighted by molar-refractivity contribution is -0.141. The summed E-state index contributed by atoms with van der Waals surface area (Å²) in [7, 11) is -5.09. The van der Waals surface area contributed by atoms with Crippen molar-refractivity contribution in [3.8, 4) is 0 Å². The zero-order chi connectivity index (χ0) is 18.5. The Labute approximate surface area is 141 Å². The summed E-state index contributed by atoms with van der Waals surface area (Å²) in [5, 5.41) is 9.35. The summed E-state index contributed by atoms with van der Waals surface area (Å²) in [4.78, 5) is 9.72. The van der Waals surface area contributed by atoms with Crippen LogP contribution in [0.15, 0.2) is 11.0 Å². The Kier molecular flexibility index (Phi) is 4.52. The smallest absolute Gasteiger partial charge is 0.322 e. The van der Waals surface area contributed by atoms with Crippen molar-refractivity contribution in [2.24, 2.45) is 5.92 Å². The molecule has 1 aromatic carbocycles. The number of carbonyl (C=O) groups is 1. The third-order valence-electron chi connectivity index (χ3n) is 4.92. The van der Waals surface area contributed by atoms with E-state index >= 15 is 0 Å². The second kappa shape index (κ2) is 6.24. The maximum Gasteiger partial charge on any atom is 0.322 e. The molecule has 1 saturated carbocycles. The molecule has 0 bridgehead atoms. The quantitative estimate of drug-likeness (QED) is 0.645. The summed E-state index contributed by atoms with van der Waals surface area (Å²) < 4.78 is 81.0. The molecule has 1 aromatic rings. The van der Waals surface area contributed by atoms with Crippen molar-refractivity contribution in [1.82, 2.24) is 4.31 Å². The topological polar surface area (TPSA) is 74.7 Å². The van der Waals surface area contributed by atoms with Gasteiger partial charge in [0.1, 0.15) is 6.04 Å². The number of rotatable bonds is 3. The third-order valence-corrected chi connectivity index (χ3v) is 6.88. The maximum absolute atomic E-state index is 14.0. The molecule has 1 aliphatic heterocycles. The lowest BCUT2D eigenvalue weighted by atomic mass is 9.85. The van der Waals surface area contributed by atoms with Crippen LogP contribution in [0.3, 0.4) is 0 Å². The van der Waals surface area contributed by atoms with Gasteiger partial charge in [0.2, 0.25) is 10.0 Å². The van der Waals surface area contributed by atoms with Crippen molar-refractivity contribution >= 4 is 16.0 Å². The molecule has 0 aromatic heterocycles. The van der Waals surface area contributed by atoms with Crippen molar-refractivity contribution in [1.29, 1.82) is 0 Å². The summed E-state index contributed by atoms with van der Waals surface area (Å²) in [5.41, 5.74) is 0. The van der Waals surface area contributed by atoms with Crippen LogP contribution in [0, 0.1) is 29.2 Å². The predicted molar refractivity (Wildman–Crippen MR) is 77.1 cm³/mol. The highest BCUT2D eigenvalue weighted by molar-refractivity contribution is 7.89. The van der Waals surface area contributed by atoms with Gasteiger partial charge in [-0.1, -0.05) is 12.8 Å². The van der Waals surface area contributed by atoms with Crippen LogP contribution in [0.1, 0.15) is 32.1 Å². The molecule has 3 atom stereocenters. The molecule has 3 unspecified atom stereocenters. The lowest BCUT2D eigenvalue weighted by Gasteiger charge is -2.32. The molecular formula is C15H15F4NO4S. The summed E-state index contributed by atoms with van der Waals surface area (Å²) in [5.74, 6) is -9.55. The molecule has 0 spiro atoms. The molecule has 10 heteroatoms. The van der Waals surface area contributed by atoms with Crippen LogP contribution in [0.25, 0.3) is 0 Å². The Morgan fingerprint density at radius 2 is 1.64 bits per heavy atom. The number of halogens is 4. The van der Waals surface area contributed by atoms with Gasteiger partial charge in [-0.2, -0.15) is 4.31 Å². The normalized spacial score (nSPS) is 27.3. The van der Waals surface area contributed by atoms with E-state index in [2.05, 4.69) is 0 Å². The number of sulfonamides is 1. The summed E-state index contributed by atoms with van der Waals surface area (Å²) >= 11 is 0. The van der Waals surface area contributed by atoms with Crippen LogP contribution in [0.5, 0.6) is 0 Å². The van der Waals surface area contributed by atoms with Crippen molar-refractivity contribution in [3.63, 3.8) is 0 Å². The molecular weight excluding hydrogens is 366 g/mol. The minimum Gasteiger partial charge on any atom is -0.480 e. The molecule has 5 nitrogen and oxygen atoms in total. The second-order valence-corrected chi connectivity index (χ2v) is 8.11. The fourth-order valence-electron chi connectivity index (χ4n) is 3.86. The average Bonchev–Trinajstić information content (AvgIpc) is 2.93. The first-order valence-electron chi connectivity index (χ1n) is 7.75. The van der Waals surface area contributed by atoms with Gasteiger partial charge in [0, 0.05) is 12.1 Å². The van der Waals surface area contributed by atoms with E-state index in [1.165, 1.54) is 0 Å². The van der Waals surface area contributed by atoms with E-state index in [0.29, 0.717) is 23.6 Å². The van der Waals surface area contributed by atoms with Crippen LogP contribution in [0.2, 0.25) is 0 Å². The number of aliphatic carboxylic acids is 1. The van der Waals surface area contributed by atoms with Crippen LogP contribution in [-0.2, 0) is 14.8 Å². The number of benzene rings is 1. The molecule has 0 radical (unpaired) electrons. The van der Waals surface area contributed by atoms with E-state index in [1.54, 1.807) is 0 Å². The first kappa shape index (κ1) is 18.1. The van der Waals surface area contributed by atoms with Gasteiger partial charge < -0.3 is 5.11 Å². The largest absolute Gasteiger partial charge is 0.480 e. The van der Waals surface area contributed by atoms with Crippen LogP contribution < -0.4 is 0 Å². The Morgan fingerprint density at radius 3 is 2.20 bits per heavy atom. The monoisotopic (exact) mass is 381 g/mol. The molecule has 25 heavy (non-hydrogen) atoms. The average molecular weight is 381 g/mol. The van der Waals surface area contributed by atoms with Gasteiger partial charge in [-0.05, 0) is 25.2 Å². The maximum atomic E-state index is 14.0. The molecule has 3 rings (SSSR count). The van der Waals surface area contributed by atoms with Crippen LogP contribution in [-0.4, -0.2) is 35.9 Å². The third kappa shape index (κ3) is 2.80. The number of carboxylic acid groups (broad SMARTS) is 1. The number of fused-ring (bicyclic) bond motifs is 1. The highest BCUT2D eigenvalue weighted by Gasteiger charge is 2.52.